The molecule has 138 valence electrons. The van der Waals surface area contributed by atoms with Crippen LogP contribution in [-0.2, 0) is 11.2 Å². The lowest BCUT2D eigenvalue weighted by Crippen LogP contribution is -2.24. The lowest BCUT2D eigenvalue weighted by Gasteiger charge is -2.16. The highest BCUT2D eigenvalue weighted by Crippen LogP contribution is 2.42. The Bertz CT molecular complexity index is 768. The van der Waals surface area contributed by atoms with Crippen molar-refractivity contribution in [3.63, 3.8) is 0 Å². The van der Waals surface area contributed by atoms with E-state index in [4.69, 9.17) is 9.47 Å². The van der Waals surface area contributed by atoms with E-state index in [0.717, 1.165) is 48.4 Å². The van der Waals surface area contributed by atoms with Crippen molar-refractivity contribution in [2.24, 2.45) is 0 Å². The number of fused-ring (bicyclic) bond motifs is 1. The summed E-state index contributed by atoms with van der Waals surface area (Å²) in [6.45, 7) is 2.62. The Hall–Kier alpha value is -2.49. The number of carbonyl (C=O) groups excluding carboxylic acids is 1. The van der Waals surface area contributed by atoms with Crippen LogP contribution in [0.25, 0.3) is 11.1 Å². The Morgan fingerprint density at radius 2 is 1.92 bits per heavy atom. The molecule has 1 amide bonds. The Balaban J connectivity index is 1.81. The summed E-state index contributed by atoms with van der Waals surface area (Å²) < 4.78 is 10.9. The number of methoxy groups -OCH3 is 2. The molecule has 3 rings (SSSR count). The van der Waals surface area contributed by atoms with Crippen LogP contribution in [0.1, 0.15) is 43.2 Å². The second-order valence-electron chi connectivity index (χ2n) is 6.71. The molecule has 0 fully saturated rings. The standard InChI is InChI=1S/C22H27NO3/c1-4-22(24)23-12-11-16-5-6-17-13-20(21(26-3)14-19(16)17)15-7-9-18(25-2)10-8-15/h7-10,13-14,16H,4-6,11-12H2,1-3H3,(H,23,24). The van der Waals surface area contributed by atoms with Gasteiger partial charge < -0.3 is 14.8 Å². The molecule has 1 aliphatic carbocycles. The zero-order valence-corrected chi connectivity index (χ0v) is 15.8. The van der Waals surface area contributed by atoms with Gasteiger partial charge in [-0.2, -0.15) is 0 Å². The van der Waals surface area contributed by atoms with Gasteiger partial charge in [0, 0.05) is 18.5 Å². The van der Waals surface area contributed by atoms with Crippen molar-refractivity contribution in [1.29, 1.82) is 0 Å². The van der Waals surface area contributed by atoms with Crippen LogP contribution in [0.4, 0.5) is 0 Å². The van der Waals surface area contributed by atoms with Gasteiger partial charge in [0.05, 0.1) is 14.2 Å². The summed E-state index contributed by atoms with van der Waals surface area (Å²) in [6, 6.07) is 12.5. The highest BCUT2D eigenvalue weighted by Gasteiger charge is 2.24. The molecule has 2 aromatic carbocycles. The summed E-state index contributed by atoms with van der Waals surface area (Å²) in [6.07, 6.45) is 3.73. The highest BCUT2D eigenvalue weighted by molar-refractivity contribution is 5.75. The van der Waals surface area contributed by atoms with Gasteiger partial charge in [-0.25, -0.2) is 0 Å². The third-order valence-corrected chi connectivity index (χ3v) is 5.20. The Morgan fingerprint density at radius 3 is 2.58 bits per heavy atom. The van der Waals surface area contributed by atoms with Crippen LogP contribution in [0.2, 0.25) is 0 Å². The third kappa shape index (κ3) is 3.85. The molecule has 26 heavy (non-hydrogen) atoms. The molecule has 1 atom stereocenters. The Labute approximate surface area is 155 Å². The first kappa shape index (κ1) is 18.3. The van der Waals surface area contributed by atoms with Crippen LogP contribution >= 0.6 is 0 Å². The molecule has 1 N–H and O–H groups in total. The zero-order valence-electron chi connectivity index (χ0n) is 15.8. The van der Waals surface area contributed by atoms with Crippen LogP contribution < -0.4 is 14.8 Å². The van der Waals surface area contributed by atoms with Crippen molar-refractivity contribution in [3.05, 3.63) is 47.5 Å². The molecule has 1 unspecified atom stereocenters. The summed E-state index contributed by atoms with van der Waals surface area (Å²) in [5, 5.41) is 2.98. The van der Waals surface area contributed by atoms with Crippen molar-refractivity contribution < 1.29 is 14.3 Å². The monoisotopic (exact) mass is 353 g/mol. The minimum Gasteiger partial charge on any atom is -0.497 e. The van der Waals surface area contributed by atoms with Crippen molar-refractivity contribution in [2.45, 2.75) is 38.5 Å². The van der Waals surface area contributed by atoms with E-state index < -0.39 is 0 Å². The van der Waals surface area contributed by atoms with Crippen LogP contribution in [-0.4, -0.2) is 26.7 Å². The fraction of sp³-hybridized carbons (Fsp3) is 0.409. The number of hydrogen-bond acceptors (Lipinski definition) is 3. The zero-order chi connectivity index (χ0) is 18.5. The quantitative estimate of drug-likeness (QED) is 0.806. The lowest BCUT2D eigenvalue weighted by atomic mass is 9.94. The molecular formula is C22H27NO3. The van der Waals surface area contributed by atoms with E-state index in [1.54, 1.807) is 14.2 Å². The average molecular weight is 353 g/mol. The van der Waals surface area contributed by atoms with Gasteiger partial charge in [0.1, 0.15) is 11.5 Å². The number of hydrogen-bond donors (Lipinski definition) is 1. The summed E-state index contributed by atoms with van der Waals surface area (Å²) >= 11 is 0. The average Bonchev–Trinajstić information content (AvgIpc) is 3.08. The molecule has 4 nitrogen and oxygen atoms in total. The Kier molecular flexibility index (Phi) is 5.82. The van der Waals surface area contributed by atoms with Gasteiger partial charge in [-0.1, -0.05) is 19.1 Å². The van der Waals surface area contributed by atoms with Gasteiger partial charge in [-0.15, -0.1) is 0 Å². The highest BCUT2D eigenvalue weighted by atomic mass is 16.5. The third-order valence-electron chi connectivity index (χ3n) is 5.20. The molecule has 0 aromatic heterocycles. The normalized spacial score (nSPS) is 15.4. The van der Waals surface area contributed by atoms with Crippen LogP contribution in [0, 0.1) is 0 Å². The van der Waals surface area contributed by atoms with E-state index in [1.165, 1.54) is 11.1 Å². The number of nitrogens with one attached hydrogen (secondary N) is 1. The molecule has 2 aromatic rings. The second kappa shape index (κ2) is 8.26. The van der Waals surface area contributed by atoms with Crippen molar-refractivity contribution >= 4 is 5.91 Å². The number of carbonyl (C=O) groups is 1. The van der Waals surface area contributed by atoms with E-state index in [1.807, 2.05) is 19.1 Å². The van der Waals surface area contributed by atoms with Crippen molar-refractivity contribution in [2.75, 3.05) is 20.8 Å². The number of aryl methyl sites for hydroxylation is 1. The van der Waals surface area contributed by atoms with E-state index >= 15 is 0 Å². The molecule has 0 saturated carbocycles. The maximum atomic E-state index is 11.4. The lowest BCUT2D eigenvalue weighted by molar-refractivity contribution is -0.120. The minimum atomic E-state index is 0.121. The predicted octanol–water partition coefficient (Wildman–Crippen LogP) is 4.32. The molecule has 0 heterocycles. The van der Waals surface area contributed by atoms with E-state index in [9.17, 15) is 4.79 Å². The largest absolute Gasteiger partial charge is 0.497 e. The number of ether oxygens (including phenoxy) is 2. The van der Waals surface area contributed by atoms with E-state index in [2.05, 4.69) is 29.6 Å². The van der Waals surface area contributed by atoms with Crippen LogP contribution in [0.3, 0.4) is 0 Å². The second-order valence-corrected chi connectivity index (χ2v) is 6.71. The minimum absolute atomic E-state index is 0.121. The van der Waals surface area contributed by atoms with Gasteiger partial charge in [-0.05, 0) is 66.1 Å². The smallest absolute Gasteiger partial charge is 0.219 e. The number of rotatable bonds is 7. The molecular weight excluding hydrogens is 326 g/mol. The van der Waals surface area contributed by atoms with Gasteiger partial charge in [0.15, 0.2) is 0 Å². The first-order valence-corrected chi connectivity index (χ1v) is 9.28. The van der Waals surface area contributed by atoms with Gasteiger partial charge in [-0.3, -0.25) is 4.79 Å². The SMILES string of the molecule is CCC(=O)NCCC1CCc2cc(-c3ccc(OC)cc3)c(OC)cc21. The summed E-state index contributed by atoms with van der Waals surface area (Å²) in [5.41, 5.74) is 5.01. The molecule has 1 aliphatic rings. The predicted molar refractivity (Wildman–Crippen MR) is 104 cm³/mol. The maximum Gasteiger partial charge on any atom is 0.219 e. The molecule has 0 aliphatic heterocycles. The van der Waals surface area contributed by atoms with E-state index in [-0.39, 0.29) is 5.91 Å². The summed E-state index contributed by atoms with van der Waals surface area (Å²) in [5.74, 6) is 2.36. The van der Waals surface area contributed by atoms with Crippen molar-refractivity contribution in [1.82, 2.24) is 5.32 Å². The first-order chi connectivity index (χ1) is 12.7. The van der Waals surface area contributed by atoms with Crippen LogP contribution in [0.15, 0.2) is 36.4 Å². The fourth-order valence-electron chi connectivity index (χ4n) is 3.70. The molecule has 0 spiro atoms. The van der Waals surface area contributed by atoms with E-state index in [0.29, 0.717) is 12.3 Å². The van der Waals surface area contributed by atoms with Crippen molar-refractivity contribution in [3.8, 4) is 22.6 Å². The summed E-state index contributed by atoms with van der Waals surface area (Å²) in [4.78, 5) is 11.4. The van der Waals surface area contributed by atoms with Gasteiger partial charge in [0.2, 0.25) is 5.91 Å². The van der Waals surface area contributed by atoms with Crippen LogP contribution in [0.5, 0.6) is 11.5 Å². The molecule has 0 radical (unpaired) electrons. The molecule has 0 saturated heterocycles. The summed E-state index contributed by atoms with van der Waals surface area (Å²) in [7, 11) is 3.40. The first-order valence-electron chi connectivity index (χ1n) is 9.28. The topological polar surface area (TPSA) is 47.6 Å². The Morgan fingerprint density at radius 1 is 1.15 bits per heavy atom. The number of benzene rings is 2. The van der Waals surface area contributed by atoms with Gasteiger partial charge >= 0.3 is 0 Å². The molecule has 4 heteroatoms. The molecule has 0 bridgehead atoms. The number of amides is 1. The fourth-order valence-corrected chi connectivity index (χ4v) is 3.70. The maximum absolute atomic E-state index is 11.4. The van der Waals surface area contributed by atoms with Gasteiger partial charge in [0.25, 0.3) is 0 Å².